The molecular formula is C11H24O4. The van der Waals surface area contributed by atoms with Gasteiger partial charge in [0.05, 0.1) is 38.1 Å². The number of hydrogen-bond donors (Lipinski definition) is 0. The molecular weight excluding hydrogens is 196 g/mol. The largest absolute Gasteiger partial charge is 0.382 e. The van der Waals surface area contributed by atoms with Crippen LogP contribution in [0.15, 0.2) is 0 Å². The summed E-state index contributed by atoms with van der Waals surface area (Å²) in [4.78, 5) is 0. The summed E-state index contributed by atoms with van der Waals surface area (Å²) < 4.78 is 21.1. The standard InChI is InChI=1S/C11H24O4/c1-9(13-5)7-14-11(3)8-15-10(2)6-12-4/h9-11H,6-8H2,1-5H3/t9-,10?,11?/m1/s1. The van der Waals surface area contributed by atoms with Crippen LogP contribution in [0.25, 0.3) is 0 Å². The zero-order valence-electron chi connectivity index (χ0n) is 10.5. The molecule has 0 spiro atoms. The predicted molar refractivity (Wildman–Crippen MR) is 59.2 cm³/mol. The van der Waals surface area contributed by atoms with Gasteiger partial charge in [0.15, 0.2) is 0 Å². The van der Waals surface area contributed by atoms with Gasteiger partial charge in [-0.25, -0.2) is 0 Å². The van der Waals surface area contributed by atoms with Crippen LogP contribution in [-0.2, 0) is 18.9 Å². The van der Waals surface area contributed by atoms with Gasteiger partial charge in [-0.3, -0.25) is 0 Å². The van der Waals surface area contributed by atoms with Crippen molar-refractivity contribution in [2.45, 2.75) is 39.1 Å². The van der Waals surface area contributed by atoms with E-state index in [9.17, 15) is 0 Å². The Kier molecular flexibility index (Phi) is 9.00. The molecule has 3 atom stereocenters. The van der Waals surface area contributed by atoms with Crippen LogP contribution in [0.1, 0.15) is 20.8 Å². The molecule has 2 unspecified atom stereocenters. The Hall–Kier alpha value is -0.160. The zero-order chi connectivity index (χ0) is 11.7. The summed E-state index contributed by atoms with van der Waals surface area (Å²) in [5.41, 5.74) is 0. The highest BCUT2D eigenvalue weighted by Crippen LogP contribution is 1.99. The zero-order valence-corrected chi connectivity index (χ0v) is 10.5. The normalized spacial score (nSPS) is 17.4. The molecule has 0 aromatic carbocycles. The van der Waals surface area contributed by atoms with Crippen molar-refractivity contribution in [3.05, 3.63) is 0 Å². The summed E-state index contributed by atoms with van der Waals surface area (Å²) in [6, 6.07) is 0. The highest BCUT2D eigenvalue weighted by Gasteiger charge is 2.08. The highest BCUT2D eigenvalue weighted by molar-refractivity contribution is 4.54. The fourth-order valence-electron chi connectivity index (χ4n) is 0.999. The van der Waals surface area contributed by atoms with Crippen molar-refractivity contribution >= 4 is 0 Å². The van der Waals surface area contributed by atoms with E-state index in [1.807, 2.05) is 20.8 Å². The summed E-state index contributed by atoms with van der Waals surface area (Å²) in [5, 5.41) is 0. The van der Waals surface area contributed by atoms with Crippen LogP contribution in [0.2, 0.25) is 0 Å². The fraction of sp³-hybridized carbons (Fsp3) is 1.00. The van der Waals surface area contributed by atoms with Crippen LogP contribution in [0, 0.1) is 0 Å². The van der Waals surface area contributed by atoms with Gasteiger partial charge in [0.1, 0.15) is 0 Å². The minimum atomic E-state index is 0.0851. The van der Waals surface area contributed by atoms with Crippen LogP contribution in [0.4, 0.5) is 0 Å². The first kappa shape index (κ1) is 14.8. The van der Waals surface area contributed by atoms with Crippen LogP contribution in [0.5, 0.6) is 0 Å². The smallest absolute Gasteiger partial charge is 0.0781 e. The SMILES string of the molecule is COCC(C)OCC(C)OC[C@@H](C)OC. The first-order valence-corrected chi connectivity index (χ1v) is 5.35. The van der Waals surface area contributed by atoms with Crippen molar-refractivity contribution in [1.82, 2.24) is 0 Å². The Morgan fingerprint density at radius 3 is 1.67 bits per heavy atom. The summed E-state index contributed by atoms with van der Waals surface area (Å²) in [7, 11) is 3.34. The van der Waals surface area contributed by atoms with Crippen LogP contribution in [-0.4, -0.2) is 52.4 Å². The van der Waals surface area contributed by atoms with Crippen molar-refractivity contribution in [2.24, 2.45) is 0 Å². The second-order valence-electron chi connectivity index (χ2n) is 3.79. The van der Waals surface area contributed by atoms with E-state index >= 15 is 0 Å². The Morgan fingerprint density at radius 1 is 0.733 bits per heavy atom. The molecule has 0 rings (SSSR count). The third kappa shape index (κ3) is 8.81. The molecule has 0 fully saturated rings. The van der Waals surface area contributed by atoms with Gasteiger partial charge in [0, 0.05) is 14.2 Å². The average Bonchev–Trinajstić information content (AvgIpc) is 2.23. The Morgan fingerprint density at radius 2 is 1.20 bits per heavy atom. The van der Waals surface area contributed by atoms with Gasteiger partial charge in [-0.05, 0) is 20.8 Å². The molecule has 0 aliphatic rings. The van der Waals surface area contributed by atoms with E-state index < -0.39 is 0 Å². The monoisotopic (exact) mass is 220 g/mol. The summed E-state index contributed by atoms with van der Waals surface area (Å²) in [5.74, 6) is 0. The maximum atomic E-state index is 5.53. The minimum absolute atomic E-state index is 0.0851. The average molecular weight is 220 g/mol. The number of hydrogen-bond acceptors (Lipinski definition) is 4. The van der Waals surface area contributed by atoms with Crippen molar-refractivity contribution in [3.63, 3.8) is 0 Å². The lowest BCUT2D eigenvalue weighted by molar-refractivity contribution is -0.0709. The summed E-state index contributed by atoms with van der Waals surface area (Å²) in [6.07, 6.45) is 0.326. The number of methoxy groups -OCH3 is 2. The van der Waals surface area contributed by atoms with E-state index in [2.05, 4.69) is 0 Å². The first-order valence-electron chi connectivity index (χ1n) is 5.35. The third-order valence-corrected chi connectivity index (χ3v) is 2.03. The maximum absolute atomic E-state index is 5.53. The molecule has 0 aliphatic carbocycles. The molecule has 0 saturated carbocycles. The molecule has 0 heterocycles. The first-order chi connectivity index (χ1) is 7.10. The summed E-state index contributed by atoms with van der Waals surface area (Å²) >= 11 is 0. The number of rotatable bonds is 9. The van der Waals surface area contributed by atoms with Gasteiger partial charge in [-0.15, -0.1) is 0 Å². The topological polar surface area (TPSA) is 36.9 Å². The quantitative estimate of drug-likeness (QED) is 0.590. The van der Waals surface area contributed by atoms with Crippen LogP contribution in [0.3, 0.4) is 0 Å². The van der Waals surface area contributed by atoms with E-state index in [0.717, 1.165) is 0 Å². The molecule has 0 saturated heterocycles. The van der Waals surface area contributed by atoms with Crippen molar-refractivity contribution in [2.75, 3.05) is 34.0 Å². The van der Waals surface area contributed by atoms with Crippen LogP contribution < -0.4 is 0 Å². The molecule has 0 aliphatic heterocycles. The Labute approximate surface area is 92.8 Å². The molecule has 0 N–H and O–H groups in total. The molecule has 0 radical (unpaired) electrons. The Bertz CT molecular complexity index is 141. The number of ether oxygens (including phenoxy) is 4. The molecule has 15 heavy (non-hydrogen) atoms. The lowest BCUT2D eigenvalue weighted by Gasteiger charge is -2.18. The molecule has 0 amide bonds. The van der Waals surface area contributed by atoms with Gasteiger partial charge in [-0.1, -0.05) is 0 Å². The third-order valence-electron chi connectivity index (χ3n) is 2.03. The van der Waals surface area contributed by atoms with E-state index in [4.69, 9.17) is 18.9 Å². The molecule has 4 nitrogen and oxygen atoms in total. The predicted octanol–water partition coefficient (Wildman–Crippen LogP) is 1.48. The molecule has 0 aromatic heterocycles. The van der Waals surface area contributed by atoms with Crippen molar-refractivity contribution in [1.29, 1.82) is 0 Å². The van der Waals surface area contributed by atoms with Crippen molar-refractivity contribution in [3.8, 4) is 0 Å². The van der Waals surface area contributed by atoms with Gasteiger partial charge in [0.2, 0.25) is 0 Å². The van der Waals surface area contributed by atoms with Crippen LogP contribution >= 0.6 is 0 Å². The summed E-state index contributed by atoms with van der Waals surface area (Å²) in [6.45, 7) is 7.73. The molecule has 4 heteroatoms. The Balaban J connectivity index is 3.44. The maximum Gasteiger partial charge on any atom is 0.0781 e. The minimum Gasteiger partial charge on any atom is -0.382 e. The second-order valence-corrected chi connectivity index (χ2v) is 3.79. The van der Waals surface area contributed by atoms with E-state index in [0.29, 0.717) is 19.8 Å². The van der Waals surface area contributed by atoms with Gasteiger partial charge in [-0.2, -0.15) is 0 Å². The lowest BCUT2D eigenvalue weighted by atomic mass is 10.4. The van der Waals surface area contributed by atoms with E-state index in [1.54, 1.807) is 14.2 Å². The molecule has 0 bridgehead atoms. The van der Waals surface area contributed by atoms with Gasteiger partial charge < -0.3 is 18.9 Å². The highest BCUT2D eigenvalue weighted by atomic mass is 16.6. The van der Waals surface area contributed by atoms with Gasteiger partial charge >= 0.3 is 0 Å². The fourth-order valence-corrected chi connectivity index (χ4v) is 0.999. The lowest BCUT2D eigenvalue weighted by Crippen LogP contribution is -2.26. The van der Waals surface area contributed by atoms with Gasteiger partial charge in [0.25, 0.3) is 0 Å². The van der Waals surface area contributed by atoms with E-state index in [1.165, 1.54) is 0 Å². The molecule has 0 aromatic rings. The second kappa shape index (κ2) is 9.09. The molecule has 92 valence electrons. The van der Waals surface area contributed by atoms with E-state index in [-0.39, 0.29) is 18.3 Å². The van der Waals surface area contributed by atoms with Crippen molar-refractivity contribution < 1.29 is 18.9 Å².